The van der Waals surface area contributed by atoms with E-state index in [1.54, 1.807) is 0 Å². The number of aryl methyl sites for hydroxylation is 1. The molecule has 0 aliphatic heterocycles. The van der Waals surface area contributed by atoms with E-state index < -0.39 is 0 Å². The molecule has 0 spiro atoms. The first-order valence-corrected chi connectivity index (χ1v) is 8.15. The van der Waals surface area contributed by atoms with Crippen LogP contribution in [0.25, 0.3) is 0 Å². The second kappa shape index (κ2) is 8.12. The summed E-state index contributed by atoms with van der Waals surface area (Å²) in [6.45, 7) is 2.54. The predicted octanol–water partition coefficient (Wildman–Crippen LogP) is 2.27. The van der Waals surface area contributed by atoms with Crippen LogP contribution in [0.3, 0.4) is 0 Å². The molecule has 2 fully saturated rings. The first kappa shape index (κ1) is 17.5. The molecule has 1 aromatic rings. The van der Waals surface area contributed by atoms with Crippen molar-refractivity contribution in [2.45, 2.75) is 70.5 Å². The molecule has 124 valence electrons. The molecule has 0 amide bonds. The molecule has 1 heterocycles. The summed E-state index contributed by atoms with van der Waals surface area (Å²) >= 11 is 0. The average Bonchev–Trinajstić information content (AvgIpc) is 3.25. The van der Waals surface area contributed by atoms with Gasteiger partial charge in [-0.25, -0.2) is 4.99 Å². The Morgan fingerprint density at radius 3 is 2.27 bits per heavy atom. The third-order valence-corrected chi connectivity index (χ3v) is 4.43. The highest BCUT2D eigenvalue weighted by molar-refractivity contribution is 14.0. The summed E-state index contributed by atoms with van der Waals surface area (Å²) in [7, 11) is 1.99. The second-order valence-corrected chi connectivity index (χ2v) is 6.29. The fourth-order valence-electron chi connectivity index (χ4n) is 2.73. The van der Waals surface area contributed by atoms with E-state index in [2.05, 4.69) is 20.8 Å². The normalized spacial score (nSPS) is 19.6. The van der Waals surface area contributed by atoms with Crippen LogP contribution in [0.5, 0.6) is 0 Å². The van der Waals surface area contributed by atoms with Crippen molar-refractivity contribution in [2.75, 3.05) is 0 Å². The molecule has 2 N–H and O–H groups in total. The van der Waals surface area contributed by atoms with Crippen LogP contribution in [0.4, 0.5) is 0 Å². The minimum absolute atomic E-state index is 0. The van der Waals surface area contributed by atoms with Crippen molar-refractivity contribution in [3.8, 4) is 0 Å². The van der Waals surface area contributed by atoms with Crippen LogP contribution in [-0.4, -0.2) is 32.8 Å². The zero-order chi connectivity index (χ0) is 14.7. The summed E-state index contributed by atoms with van der Waals surface area (Å²) in [5.74, 6) is 2.79. The quantitative estimate of drug-likeness (QED) is 0.447. The van der Waals surface area contributed by atoms with Gasteiger partial charge in [0.15, 0.2) is 11.8 Å². The summed E-state index contributed by atoms with van der Waals surface area (Å²) in [4.78, 5) is 4.71. The zero-order valence-electron chi connectivity index (χ0n) is 13.5. The van der Waals surface area contributed by atoms with Crippen molar-refractivity contribution in [3.05, 3.63) is 11.6 Å². The maximum atomic E-state index is 4.71. The van der Waals surface area contributed by atoms with Gasteiger partial charge in [0, 0.05) is 19.1 Å². The standard InChI is InChI=1S/C15H26N6.HI/c1-11-19-20-14(21(11)2)10-16-15(18-13-8-9-13)17-12-6-4-3-5-7-12;/h12-13H,3-10H2,1-2H3,(H2,16,17,18);1H. The zero-order valence-corrected chi connectivity index (χ0v) is 15.8. The molecule has 22 heavy (non-hydrogen) atoms. The Morgan fingerprint density at radius 1 is 1.09 bits per heavy atom. The Morgan fingerprint density at radius 2 is 1.73 bits per heavy atom. The SMILES string of the molecule is Cc1nnc(CN=C(NC2CCCCC2)NC2CC2)n1C.I. The summed E-state index contributed by atoms with van der Waals surface area (Å²) in [5.41, 5.74) is 0. The van der Waals surface area contributed by atoms with Crippen LogP contribution >= 0.6 is 24.0 Å². The molecule has 7 heteroatoms. The molecule has 0 saturated heterocycles. The molecule has 0 aromatic carbocycles. The highest BCUT2D eigenvalue weighted by Gasteiger charge is 2.24. The van der Waals surface area contributed by atoms with E-state index in [0.29, 0.717) is 18.6 Å². The van der Waals surface area contributed by atoms with Crippen molar-refractivity contribution in [3.63, 3.8) is 0 Å². The molecule has 2 aliphatic carbocycles. The maximum Gasteiger partial charge on any atom is 0.192 e. The lowest BCUT2D eigenvalue weighted by molar-refractivity contribution is 0.409. The molecule has 0 atom stereocenters. The van der Waals surface area contributed by atoms with E-state index in [9.17, 15) is 0 Å². The molecule has 3 rings (SSSR count). The van der Waals surface area contributed by atoms with Crippen molar-refractivity contribution in [1.29, 1.82) is 0 Å². The fraction of sp³-hybridized carbons (Fsp3) is 0.800. The van der Waals surface area contributed by atoms with Gasteiger partial charge >= 0.3 is 0 Å². The van der Waals surface area contributed by atoms with Gasteiger partial charge in [-0.15, -0.1) is 34.2 Å². The van der Waals surface area contributed by atoms with Gasteiger partial charge in [0.25, 0.3) is 0 Å². The number of hydrogen-bond acceptors (Lipinski definition) is 3. The van der Waals surface area contributed by atoms with Crippen LogP contribution in [0.2, 0.25) is 0 Å². The largest absolute Gasteiger partial charge is 0.354 e. The van der Waals surface area contributed by atoms with Gasteiger partial charge < -0.3 is 15.2 Å². The minimum atomic E-state index is 0. The Labute approximate surface area is 149 Å². The van der Waals surface area contributed by atoms with Crippen molar-refractivity contribution >= 4 is 29.9 Å². The number of nitrogens with zero attached hydrogens (tertiary/aromatic N) is 4. The molecule has 1 aromatic heterocycles. The van der Waals surface area contributed by atoms with Gasteiger partial charge in [0.1, 0.15) is 12.4 Å². The van der Waals surface area contributed by atoms with Gasteiger partial charge in [0.05, 0.1) is 0 Å². The monoisotopic (exact) mass is 418 g/mol. The van der Waals surface area contributed by atoms with E-state index in [0.717, 1.165) is 17.6 Å². The smallest absolute Gasteiger partial charge is 0.192 e. The first-order chi connectivity index (χ1) is 10.2. The van der Waals surface area contributed by atoms with E-state index in [1.165, 1.54) is 44.9 Å². The lowest BCUT2D eigenvalue weighted by Crippen LogP contribution is -2.45. The maximum absolute atomic E-state index is 4.71. The highest BCUT2D eigenvalue weighted by Crippen LogP contribution is 2.20. The number of rotatable bonds is 4. The number of hydrogen-bond donors (Lipinski definition) is 2. The third-order valence-electron chi connectivity index (χ3n) is 4.43. The van der Waals surface area contributed by atoms with Crippen LogP contribution in [0.1, 0.15) is 56.6 Å². The summed E-state index contributed by atoms with van der Waals surface area (Å²) < 4.78 is 2.00. The Balaban J connectivity index is 0.00000176. The number of guanidine groups is 1. The third kappa shape index (κ3) is 4.82. The topological polar surface area (TPSA) is 67.1 Å². The lowest BCUT2D eigenvalue weighted by Gasteiger charge is -2.25. The minimum Gasteiger partial charge on any atom is -0.354 e. The second-order valence-electron chi connectivity index (χ2n) is 6.29. The number of aromatic nitrogens is 3. The lowest BCUT2D eigenvalue weighted by atomic mass is 9.96. The van der Waals surface area contributed by atoms with Crippen molar-refractivity contribution in [2.24, 2.45) is 12.0 Å². The molecule has 2 saturated carbocycles. The van der Waals surface area contributed by atoms with Gasteiger partial charge in [-0.1, -0.05) is 19.3 Å². The van der Waals surface area contributed by atoms with E-state index in [-0.39, 0.29) is 24.0 Å². The van der Waals surface area contributed by atoms with E-state index in [1.807, 2.05) is 18.5 Å². The van der Waals surface area contributed by atoms with Crippen LogP contribution < -0.4 is 10.6 Å². The summed E-state index contributed by atoms with van der Waals surface area (Å²) in [6.07, 6.45) is 9.07. The number of aliphatic imine (C=N–C) groups is 1. The fourth-order valence-corrected chi connectivity index (χ4v) is 2.73. The molecule has 0 unspecified atom stereocenters. The molecule has 0 radical (unpaired) electrons. The Hall–Kier alpha value is -0.860. The Kier molecular flexibility index (Phi) is 6.46. The van der Waals surface area contributed by atoms with Crippen LogP contribution in [0.15, 0.2) is 4.99 Å². The average molecular weight is 418 g/mol. The summed E-state index contributed by atoms with van der Waals surface area (Å²) in [6, 6.07) is 1.19. The van der Waals surface area contributed by atoms with Crippen LogP contribution in [0, 0.1) is 6.92 Å². The molecular weight excluding hydrogens is 391 g/mol. The molecule has 2 aliphatic rings. The van der Waals surface area contributed by atoms with Crippen LogP contribution in [-0.2, 0) is 13.6 Å². The van der Waals surface area contributed by atoms with E-state index >= 15 is 0 Å². The highest BCUT2D eigenvalue weighted by atomic mass is 127. The van der Waals surface area contributed by atoms with Crippen molar-refractivity contribution in [1.82, 2.24) is 25.4 Å². The van der Waals surface area contributed by atoms with Gasteiger partial charge in [0.2, 0.25) is 0 Å². The van der Waals surface area contributed by atoms with Gasteiger partial charge in [-0.2, -0.15) is 0 Å². The number of nitrogens with one attached hydrogen (secondary N) is 2. The van der Waals surface area contributed by atoms with E-state index in [4.69, 9.17) is 4.99 Å². The van der Waals surface area contributed by atoms with Crippen molar-refractivity contribution < 1.29 is 0 Å². The Bertz CT molecular complexity index is 502. The molecular formula is C15H27IN6. The first-order valence-electron chi connectivity index (χ1n) is 8.15. The number of halogens is 1. The molecule has 6 nitrogen and oxygen atoms in total. The predicted molar refractivity (Wildman–Crippen MR) is 98.5 cm³/mol. The van der Waals surface area contributed by atoms with Gasteiger partial charge in [-0.3, -0.25) is 0 Å². The summed E-state index contributed by atoms with van der Waals surface area (Å²) in [5, 5.41) is 15.4. The molecule has 0 bridgehead atoms. The van der Waals surface area contributed by atoms with Gasteiger partial charge in [-0.05, 0) is 32.6 Å².